The van der Waals surface area contributed by atoms with Crippen LogP contribution < -0.4 is 5.32 Å². The molecule has 1 aliphatic rings. The molecule has 2 aromatic rings. The van der Waals surface area contributed by atoms with Crippen LogP contribution in [0, 0.1) is 0 Å². The summed E-state index contributed by atoms with van der Waals surface area (Å²) >= 11 is 1.22. The summed E-state index contributed by atoms with van der Waals surface area (Å²) in [6.07, 6.45) is 4.04. The molecule has 8 heteroatoms. The fourth-order valence-electron chi connectivity index (χ4n) is 2.49. The largest absolute Gasteiger partial charge is 0.465 e. The number of aromatic nitrogens is 3. The van der Waals surface area contributed by atoms with Crippen molar-refractivity contribution in [3.63, 3.8) is 0 Å². The normalized spacial score (nSPS) is 14.0. The molecule has 0 unspecified atom stereocenters. The molecule has 0 radical (unpaired) electrons. The molecule has 0 aromatic carbocycles. The zero-order chi connectivity index (χ0) is 15.5. The second-order valence-corrected chi connectivity index (χ2v) is 5.93. The van der Waals surface area contributed by atoms with Crippen molar-refractivity contribution in [2.75, 3.05) is 12.4 Å². The van der Waals surface area contributed by atoms with E-state index in [0.717, 1.165) is 38.1 Å². The lowest BCUT2D eigenvalue weighted by Crippen LogP contribution is -2.20. The standard InChI is InChI=1S/C14H16N4O3S/c1-21-14(20)11-9(6-8-22-11)15-13(19)12-17-16-10-5-3-2-4-7-18(10)12/h6,8H,2-5,7H2,1H3,(H,15,19). The van der Waals surface area contributed by atoms with Crippen LogP contribution in [0.4, 0.5) is 5.69 Å². The van der Waals surface area contributed by atoms with E-state index in [0.29, 0.717) is 16.4 Å². The number of nitrogens with one attached hydrogen (secondary N) is 1. The minimum Gasteiger partial charge on any atom is -0.465 e. The zero-order valence-electron chi connectivity index (χ0n) is 12.2. The summed E-state index contributed by atoms with van der Waals surface area (Å²) in [5, 5.41) is 12.6. The number of anilines is 1. The van der Waals surface area contributed by atoms with Gasteiger partial charge in [-0.05, 0) is 24.3 Å². The Labute approximate surface area is 131 Å². The fourth-order valence-corrected chi connectivity index (χ4v) is 3.26. The highest BCUT2D eigenvalue weighted by Crippen LogP contribution is 2.24. The number of carbonyl (C=O) groups is 2. The van der Waals surface area contributed by atoms with E-state index in [9.17, 15) is 9.59 Å². The first-order valence-corrected chi connectivity index (χ1v) is 7.98. The number of hydrogen-bond acceptors (Lipinski definition) is 6. The number of amides is 1. The number of esters is 1. The Morgan fingerprint density at radius 3 is 3.00 bits per heavy atom. The molecule has 3 rings (SSSR count). The smallest absolute Gasteiger partial charge is 0.350 e. The molecule has 0 spiro atoms. The molecule has 0 saturated carbocycles. The molecule has 116 valence electrons. The number of hydrogen-bond donors (Lipinski definition) is 1. The quantitative estimate of drug-likeness (QED) is 0.875. The van der Waals surface area contributed by atoms with Crippen LogP contribution in [0.2, 0.25) is 0 Å². The molecule has 0 aliphatic carbocycles. The van der Waals surface area contributed by atoms with Gasteiger partial charge in [-0.15, -0.1) is 21.5 Å². The fraction of sp³-hybridized carbons (Fsp3) is 0.429. The highest BCUT2D eigenvalue weighted by Gasteiger charge is 2.22. The summed E-state index contributed by atoms with van der Waals surface area (Å²) in [6.45, 7) is 0.749. The van der Waals surface area contributed by atoms with Gasteiger partial charge in [0.2, 0.25) is 5.82 Å². The summed E-state index contributed by atoms with van der Waals surface area (Å²) < 4.78 is 6.57. The van der Waals surface area contributed by atoms with Crippen LogP contribution in [-0.4, -0.2) is 33.8 Å². The molecule has 1 amide bonds. The van der Waals surface area contributed by atoms with Gasteiger partial charge in [-0.2, -0.15) is 0 Å². The van der Waals surface area contributed by atoms with Crippen LogP contribution >= 0.6 is 11.3 Å². The number of carbonyl (C=O) groups excluding carboxylic acids is 2. The zero-order valence-corrected chi connectivity index (χ0v) is 13.0. The first kappa shape index (κ1) is 14.7. The van der Waals surface area contributed by atoms with Gasteiger partial charge in [0.05, 0.1) is 12.8 Å². The Morgan fingerprint density at radius 1 is 1.32 bits per heavy atom. The van der Waals surface area contributed by atoms with Gasteiger partial charge in [0.15, 0.2) is 0 Å². The van der Waals surface area contributed by atoms with Gasteiger partial charge in [0, 0.05) is 13.0 Å². The van der Waals surface area contributed by atoms with Crippen molar-refractivity contribution < 1.29 is 14.3 Å². The predicted octanol–water partition coefficient (Wildman–Crippen LogP) is 2.10. The van der Waals surface area contributed by atoms with E-state index < -0.39 is 5.97 Å². The molecule has 1 N–H and O–H groups in total. The average molecular weight is 320 g/mol. The van der Waals surface area contributed by atoms with Gasteiger partial charge < -0.3 is 14.6 Å². The van der Waals surface area contributed by atoms with Crippen molar-refractivity contribution in [2.45, 2.75) is 32.2 Å². The molecule has 22 heavy (non-hydrogen) atoms. The maximum Gasteiger partial charge on any atom is 0.350 e. The lowest BCUT2D eigenvalue weighted by molar-refractivity contribution is 0.0607. The molecule has 7 nitrogen and oxygen atoms in total. The van der Waals surface area contributed by atoms with Gasteiger partial charge in [0.1, 0.15) is 10.7 Å². The number of thiophene rings is 1. The molecule has 0 atom stereocenters. The lowest BCUT2D eigenvalue weighted by atomic mass is 10.2. The Bertz CT molecular complexity index is 707. The Kier molecular flexibility index (Phi) is 4.19. The van der Waals surface area contributed by atoms with E-state index in [4.69, 9.17) is 4.74 Å². The van der Waals surface area contributed by atoms with Crippen LogP contribution in [0.5, 0.6) is 0 Å². The molecular weight excluding hydrogens is 304 g/mol. The number of nitrogens with zero attached hydrogens (tertiary/aromatic N) is 3. The van der Waals surface area contributed by atoms with Crippen LogP contribution in [-0.2, 0) is 17.7 Å². The third-order valence-corrected chi connectivity index (χ3v) is 4.49. The number of ether oxygens (including phenoxy) is 1. The van der Waals surface area contributed by atoms with Crippen LogP contribution in [0.15, 0.2) is 11.4 Å². The van der Waals surface area contributed by atoms with Crippen molar-refractivity contribution in [2.24, 2.45) is 0 Å². The topological polar surface area (TPSA) is 86.1 Å². The average Bonchev–Trinajstić information content (AvgIpc) is 3.07. The maximum atomic E-state index is 12.4. The van der Waals surface area contributed by atoms with Crippen LogP contribution in [0.3, 0.4) is 0 Å². The Balaban J connectivity index is 1.82. The predicted molar refractivity (Wildman–Crippen MR) is 81.2 cm³/mol. The van der Waals surface area contributed by atoms with Crippen molar-refractivity contribution in [1.82, 2.24) is 14.8 Å². The maximum absolute atomic E-state index is 12.4. The van der Waals surface area contributed by atoms with Crippen molar-refractivity contribution in [3.8, 4) is 0 Å². The number of methoxy groups -OCH3 is 1. The third-order valence-electron chi connectivity index (χ3n) is 3.60. The van der Waals surface area contributed by atoms with Crippen molar-refractivity contribution >= 4 is 28.9 Å². The van der Waals surface area contributed by atoms with E-state index in [1.54, 1.807) is 11.4 Å². The molecule has 0 bridgehead atoms. The van der Waals surface area contributed by atoms with Gasteiger partial charge in [-0.25, -0.2) is 4.79 Å². The van der Waals surface area contributed by atoms with E-state index in [2.05, 4.69) is 15.5 Å². The Morgan fingerprint density at radius 2 is 2.18 bits per heavy atom. The minimum absolute atomic E-state index is 0.291. The molecular formula is C14H16N4O3S. The van der Waals surface area contributed by atoms with Gasteiger partial charge >= 0.3 is 5.97 Å². The molecule has 2 aromatic heterocycles. The van der Waals surface area contributed by atoms with E-state index in [1.807, 2.05) is 4.57 Å². The van der Waals surface area contributed by atoms with Gasteiger partial charge in [0.25, 0.3) is 5.91 Å². The molecule has 0 saturated heterocycles. The summed E-state index contributed by atoms with van der Waals surface area (Å²) in [6, 6.07) is 1.68. The third kappa shape index (κ3) is 2.74. The lowest BCUT2D eigenvalue weighted by Gasteiger charge is -2.07. The Hall–Kier alpha value is -2.22. The van der Waals surface area contributed by atoms with Crippen LogP contribution in [0.1, 0.15) is 45.4 Å². The van der Waals surface area contributed by atoms with Crippen molar-refractivity contribution in [1.29, 1.82) is 0 Å². The number of rotatable bonds is 3. The van der Waals surface area contributed by atoms with E-state index in [1.165, 1.54) is 18.4 Å². The second kappa shape index (κ2) is 6.27. The summed E-state index contributed by atoms with van der Waals surface area (Å²) in [5.74, 6) is 0.314. The first-order chi connectivity index (χ1) is 10.7. The van der Waals surface area contributed by atoms with E-state index in [-0.39, 0.29) is 5.91 Å². The van der Waals surface area contributed by atoms with Gasteiger partial charge in [-0.1, -0.05) is 6.42 Å². The van der Waals surface area contributed by atoms with Gasteiger partial charge in [-0.3, -0.25) is 4.79 Å². The molecule has 3 heterocycles. The van der Waals surface area contributed by atoms with E-state index >= 15 is 0 Å². The summed E-state index contributed by atoms with van der Waals surface area (Å²) in [7, 11) is 1.31. The molecule has 0 fully saturated rings. The van der Waals surface area contributed by atoms with Crippen LogP contribution in [0.25, 0.3) is 0 Å². The number of fused-ring (bicyclic) bond motifs is 1. The SMILES string of the molecule is COC(=O)c1sccc1NC(=O)c1nnc2n1CCCCC2. The number of aryl methyl sites for hydroxylation is 1. The highest BCUT2D eigenvalue weighted by molar-refractivity contribution is 7.12. The molecule has 1 aliphatic heterocycles. The monoisotopic (exact) mass is 320 g/mol. The highest BCUT2D eigenvalue weighted by atomic mass is 32.1. The minimum atomic E-state index is -0.467. The second-order valence-electron chi connectivity index (χ2n) is 5.01. The van der Waals surface area contributed by atoms with Crippen molar-refractivity contribution in [3.05, 3.63) is 28.0 Å². The summed E-state index contributed by atoms with van der Waals surface area (Å²) in [4.78, 5) is 24.5. The first-order valence-electron chi connectivity index (χ1n) is 7.10. The summed E-state index contributed by atoms with van der Waals surface area (Å²) in [5.41, 5.74) is 0.438.